The zero-order chi connectivity index (χ0) is 12.4. The fourth-order valence-corrected chi connectivity index (χ4v) is 2.22. The van der Waals surface area contributed by atoms with Gasteiger partial charge in [0.1, 0.15) is 0 Å². The third kappa shape index (κ3) is 2.38. The van der Waals surface area contributed by atoms with E-state index in [0.29, 0.717) is 5.69 Å². The zero-order valence-electron chi connectivity index (χ0n) is 10.8. The van der Waals surface area contributed by atoms with E-state index in [1.54, 1.807) is 0 Å². The molecule has 1 aromatic carbocycles. The monoisotopic (exact) mass is 269 g/mol. The van der Waals surface area contributed by atoms with Crippen LogP contribution in [0.5, 0.6) is 0 Å². The molecule has 5 heteroatoms. The molecule has 0 saturated carbocycles. The number of nitrogen functional groups attached to an aromatic ring is 1. The van der Waals surface area contributed by atoms with E-state index in [-0.39, 0.29) is 18.1 Å². The normalized spacial score (nSPS) is 10.6. The Bertz CT molecular complexity index is 586. The Kier molecular flexibility index (Phi) is 4.84. The standard InChI is InChI=1S/C13H19N3O.ClH/c1-3-7-15-11-6-5-10(14)9-12(11)16(8-4-2)13(15)17;/h5-6,9H,3-4,7-8,14H2,1-2H3;1H. The van der Waals surface area contributed by atoms with Crippen LogP contribution in [-0.2, 0) is 13.1 Å². The van der Waals surface area contributed by atoms with Crippen LogP contribution in [-0.4, -0.2) is 9.13 Å². The first-order chi connectivity index (χ1) is 8.19. The molecule has 0 unspecified atom stereocenters. The number of hydrogen-bond acceptors (Lipinski definition) is 2. The third-order valence-corrected chi connectivity index (χ3v) is 2.94. The Morgan fingerprint density at radius 2 is 1.61 bits per heavy atom. The van der Waals surface area contributed by atoms with Gasteiger partial charge in [-0.25, -0.2) is 4.79 Å². The molecule has 1 aromatic heterocycles. The van der Waals surface area contributed by atoms with Gasteiger partial charge in [0.2, 0.25) is 0 Å². The van der Waals surface area contributed by atoms with Gasteiger partial charge in [0.25, 0.3) is 0 Å². The minimum absolute atomic E-state index is 0. The molecule has 2 rings (SSSR count). The fourth-order valence-electron chi connectivity index (χ4n) is 2.22. The molecular weight excluding hydrogens is 250 g/mol. The van der Waals surface area contributed by atoms with Gasteiger partial charge in [0, 0.05) is 18.8 Å². The van der Waals surface area contributed by atoms with Gasteiger partial charge in [-0.15, -0.1) is 12.4 Å². The highest BCUT2D eigenvalue weighted by atomic mass is 35.5. The highest BCUT2D eigenvalue weighted by Crippen LogP contribution is 2.17. The van der Waals surface area contributed by atoms with E-state index >= 15 is 0 Å². The van der Waals surface area contributed by atoms with Gasteiger partial charge in [-0.2, -0.15) is 0 Å². The summed E-state index contributed by atoms with van der Waals surface area (Å²) >= 11 is 0. The summed E-state index contributed by atoms with van der Waals surface area (Å²) in [5.41, 5.74) is 8.52. The van der Waals surface area contributed by atoms with Crippen LogP contribution in [0.1, 0.15) is 26.7 Å². The number of nitrogens with two attached hydrogens (primary N) is 1. The van der Waals surface area contributed by atoms with Gasteiger partial charge in [0.15, 0.2) is 0 Å². The van der Waals surface area contributed by atoms with Crippen LogP contribution in [0.25, 0.3) is 11.0 Å². The van der Waals surface area contributed by atoms with Gasteiger partial charge >= 0.3 is 5.69 Å². The third-order valence-electron chi connectivity index (χ3n) is 2.94. The van der Waals surface area contributed by atoms with Crippen molar-refractivity contribution in [3.8, 4) is 0 Å². The highest BCUT2D eigenvalue weighted by molar-refractivity contribution is 5.85. The summed E-state index contributed by atoms with van der Waals surface area (Å²) in [6.07, 6.45) is 1.90. The maximum atomic E-state index is 12.3. The van der Waals surface area contributed by atoms with E-state index in [2.05, 4.69) is 13.8 Å². The molecule has 0 saturated heterocycles. The molecular formula is C13H20ClN3O. The van der Waals surface area contributed by atoms with E-state index in [1.807, 2.05) is 27.3 Å². The molecule has 100 valence electrons. The Balaban J connectivity index is 0.00000162. The van der Waals surface area contributed by atoms with Crippen LogP contribution in [0.3, 0.4) is 0 Å². The second-order valence-electron chi connectivity index (χ2n) is 4.33. The predicted octanol–water partition coefficient (Wildman–Crippen LogP) is 2.63. The molecule has 0 bridgehead atoms. The molecule has 4 nitrogen and oxygen atoms in total. The van der Waals surface area contributed by atoms with Crippen molar-refractivity contribution >= 4 is 29.1 Å². The number of halogens is 1. The fraction of sp³-hybridized carbons (Fsp3) is 0.462. The molecule has 0 fully saturated rings. The summed E-state index contributed by atoms with van der Waals surface area (Å²) in [6, 6.07) is 5.68. The lowest BCUT2D eigenvalue weighted by Gasteiger charge is -2.00. The molecule has 18 heavy (non-hydrogen) atoms. The predicted molar refractivity (Wildman–Crippen MR) is 78.4 cm³/mol. The Morgan fingerprint density at radius 3 is 2.17 bits per heavy atom. The lowest BCUT2D eigenvalue weighted by Crippen LogP contribution is -2.24. The van der Waals surface area contributed by atoms with Crippen LogP contribution < -0.4 is 11.4 Å². The molecule has 0 amide bonds. The first kappa shape index (κ1) is 14.6. The second kappa shape index (κ2) is 5.96. The Labute approximate surface area is 113 Å². The molecule has 0 atom stereocenters. The largest absolute Gasteiger partial charge is 0.399 e. The highest BCUT2D eigenvalue weighted by Gasteiger charge is 2.11. The Hall–Kier alpha value is -1.42. The molecule has 0 aliphatic heterocycles. The minimum atomic E-state index is 0. The van der Waals surface area contributed by atoms with Gasteiger partial charge in [-0.3, -0.25) is 9.13 Å². The van der Waals surface area contributed by atoms with E-state index in [9.17, 15) is 4.79 Å². The van der Waals surface area contributed by atoms with Crippen LogP contribution in [0.2, 0.25) is 0 Å². The smallest absolute Gasteiger partial charge is 0.329 e. The van der Waals surface area contributed by atoms with Crippen LogP contribution in [0.15, 0.2) is 23.0 Å². The average molecular weight is 270 g/mol. The lowest BCUT2D eigenvalue weighted by atomic mass is 10.2. The molecule has 0 radical (unpaired) electrons. The van der Waals surface area contributed by atoms with Crippen molar-refractivity contribution in [1.29, 1.82) is 0 Å². The molecule has 2 aromatic rings. The van der Waals surface area contributed by atoms with Crippen molar-refractivity contribution in [2.24, 2.45) is 0 Å². The number of hydrogen-bond donors (Lipinski definition) is 1. The number of rotatable bonds is 4. The summed E-state index contributed by atoms with van der Waals surface area (Å²) in [5.74, 6) is 0. The summed E-state index contributed by atoms with van der Waals surface area (Å²) in [7, 11) is 0. The van der Waals surface area contributed by atoms with E-state index in [0.717, 1.165) is 37.0 Å². The number of aromatic nitrogens is 2. The Morgan fingerprint density at radius 1 is 1.06 bits per heavy atom. The summed E-state index contributed by atoms with van der Waals surface area (Å²) in [6.45, 7) is 5.65. The molecule has 0 aliphatic carbocycles. The van der Waals surface area contributed by atoms with Crippen molar-refractivity contribution in [2.45, 2.75) is 39.8 Å². The number of benzene rings is 1. The van der Waals surface area contributed by atoms with E-state index < -0.39 is 0 Å². The van der Waals surface area contributed by atoms with E-state index in [4.69, 9.17) is 5.73 Å². The van der Waals surface area contributed by atoms with Crippen LogP contribution in [0, 0.1) is 0 Å². The number of aryl methyl sites for hydroxylation is 2. The van der Waals surface area contributed by atoms with Crippen molar-refractivity contribution in [2.75, 3.05) is 5.73 Å². The van der Waals surface area contributed by atoms with Crippen molar-refractivity contribution < 1.29 is 0 Å². The van der Waals surface area contributed by atoms with Gasteiger partial charge in [0.05, 0.1) is 11.0 Å². The number of imidazole rings is 1. The molecule has 0 aliphatic rings. The topological polar surface area (TPSA) is 53.0 Å². The first-order valence-corrected chi connectivity index (χ1v) is 6.17. The second-order valence-corrected chi connectivity index (χ2v) is 4.33. The van der Waals surface area contributed by atoms with Gasteiger partial charge in [-0.05, 0) is 31.0 Å². The summed E-state index contributed by atoms with van der Waals surface area (Å²) in [5, 5.41) is 0. The minimum Gasteiger partial charge on any atom is -0.399 e. The maximum absolute atomic E-state index is 12.3. The lowest BCUT2D eigenvalue weighted by molar-refractivity contribution is 0.607. The number of anilines is 1. The van der Waals surface area contributed by atoms with Gasteiger partial charge in [-0.1, -0.05) is 13.8 Å². The summed E-state index contributed by atoms with van der Waals surface area (Å²) in [4.78, 5) is 12.3. The van der Waals surface area contributed by atoms with Crippen LogP contribution in [0.4, 0.5) is 5.69 Å². The van der Waals surface area contributed by atoms with Crippen molar-refractivity contribution in [3.63, 3.8) is 0 Å². The maximum Gasteiger partial charge on any atom is 0.329 e. The van der Waals surface area contributed by atoms with Gasteiger partial charge < -0.3 is 5.73 Å². The zero-order valence-corrected chi connectivity index (χ0v) is 11.7. The quantitative estimate of drug-likeness (QED) is 0.868. The van der Waals surface area contributed by atoms with Crippen molar-refractivity contribution in [3.05, 3.63) is 28.7 Å². The number of nitrogens with zero attached hydrogens (tertiary/aromatic N) is 2. The average Bonchev–Trinajstić information content (AvgIpc) is 2.55. The summed E-state index contributed by atoms with van der Waals surface area (Å²) < 4.78 is 3.66. The van der Waals surface area contributed by atoms with Crippen molar-refractivity contribution in [1.82, 2.24) is 9.13 Å². The van der Waals surface area contributed by atoms with E-state index in [1.165, 1.54) is 0 Å². The first-order valence-electron chi connectivity index (χ1n) is 6.17. The molecule has 0 spiro atoms. The number of fused-ring (bicyclic) bond motifs is 1. The molecule has 1 heterocycles. The molecule has 2 N–H and O–H groups in total. The van der Waals surface area contributed by atoms with Crippen LogP contribution >= 0.6 is 12.4 Å². The SMILES string of the molecule is CCCn1c(=O)n(CCC)c2cc(N)ccc21.Cl.